The SMILES string of the molecule is CC(N)(Cc1csc2ccccc12)c1ccc(Cl)cc1. The molecule has 0 aliphatic carbocycles. The number of thiophene rings is 1. The van der Waals surface area contributed by atoms with Crippen molar-refractivity contribution in [2.75, 3.05) is 0 Å². The summed E-state index contributed by atoms with van der Waals surface area (Å²) in [6, 6.07) is 16.3. The van der Waals surface area contributed by atoms with E-state index in [4.69, 9.17) is 17.3 Å². The van der Waals surface area contributed by atoms with Crippen molar-refractivity contribution in [2.45, 2.75) is 18.9 Å². The minimum atomic E-state index is -0.394. The fourth-order valence-corrected chi connectivity index (χ4v) is 3.59. The van der Waals surface area contributed by atoms with E-state index in [9.17, 15) is 0 Å². The Hall–Kier alpha value is -1.35. The van der Waals surface area contributed by atoms with Gasteiger partial charge in [-0.25, -0.2) is 0 Å². The molecule has 20 heavy (non-hydrogen) atoms. The van der Waals surface area contributed by atoms with E-state index in [1.165, 1.54) is 15.6 Å². The normalized spacial score (nSPS) is 14.3. The molecular formula is C17H16ClNS. The van der Waals surface area contributed by atoms with Crippen molar-refractivity contribution in [3.8, 4) is 0 Å². The first-order valence-corrected chi connectivity index (χ1v) is 7.82. The molecule has 0 radical (unpaired) electrons. The molecule has 1 heterocycles. The molecule has 2 aromatic carbocycles. The molecule has 0 fully saturated rings. The number of fused-ring (bicyclic) bond motifs is 1. The zero-order chi connectivity index (χ0) is 14.2. The first kappa shape index (κ1) is 13.6. The Bertz CT molecular complexity index is 728. The highest BCUT2D eigenvalue weighted by Crippen LogP contribution is 2.31. The van der Waals surface area contributed by atoms with E-state index >= 15 is 0 Å². The maximum Gasteiger partial charge on any atom is 0.0422 e. The summed E-state index contributed by atoms with van der Waals surface area (Å²) in [4.78, 5) is 0. The first-order chi connectivity index (χ1) is 9.56. The molecule has 1 nitrogen and oxygen atoms in total. The molecular weight excluding hydrogens is 286 g/mol. The molecule has 3 aromatic rings. The number of hydrogen-bond donors (Lipinski definition) is 1. The Labute approximate surface area is 128 Å². The lowest BCUT2D eigenvalue weighted by Crippen LogP contribution is -2.35. The first-order valence-electron chi connectivity index (χ1n) is 6.56. The smallest absolute Gasteiger partial charge is 0.0422 e. The fourth-order valence-electron chi connectivity index (χ4n) is 2.50. The molecule has 0 bridgehead atoms. The van der Waals surface area contributed by atoms with Crippen LogP contribution in [0.3, 0.4) is 0 Å². The number of halogens is 1. The minimum Gasteiger partial charge on any atom is -0.321 e. The summed E-state index contributed by atoms with van der Waals surface area (Å²) in [6.07, 6.45) is 0.818. The largest absolute Gasteiger partial charge is 0.321 e. The van der Waals surface area contributed by atoms with Gasteiger partial charge in [0, 0.05) is 15.3 Å². The second-order valence-electron chi connectivity index (χ2n) is 5.36. The van der Waals surface area contributed by atoms with Gasteiger partial charge in [-0.2, -0.15) is 0 Å². The number of rotatable bonds is 3. The van der Waals surface area contributed by atoms with Crippen LogP contribution in [0.25, 0.3) is 10.1 Å². The van der Waals surface area contributed by atoms with E-state index in [-0.39, 0.29) is 0 Å². The third kappa shape index (κ3) is 2.59. The standard InChI is InChI=1S/C17H16ClNS/c1-17(19,13-6-8-14(18)9-7-13)10-12-11-20-16-5-3-2-4-15(12)16/h2-9,11H,10,19H2,1H3. The fraction of sp³-hybridized carbons (Fsp3) is 0.176. The Balaban J connectivity index is 1.94. The molecule has 1 aromatic heterocycles. The van der Waals surface area contributed by atoms with Crippen LogP contribution in [0.4, 0.5) is 0 Å². The molecule has 1 unspecified atom stereocenters. The molecule has 3 rings (SSSR count). The molecule has 0 spiro atoms. The second kappa shape index (κ2) is 5.21. The Morgan fingerprint density at radius 1 is 1.10 bits per heavy atom. The summed E-state index contributed by atoms with van der Waals surface area (Å²) in [5.41, 5.74) is 8.56. The van der Waals surface area contributed by atoms with E-state index in [0.29, 0.717) is 0 Å². The lowest BCUT2D eigenvalue weighted by atomic mass is 9.86. The van der Waals surface area contributed by atoms with Crippen LogP contribution in [0, 0.1) is 0 Å². The summed E-state index contributed by atoms with van der Waals surface area (Å²) in [7, 11) is 0. The molecule has 0 aliphatic rings. The molecule has 3 heteroatoms. The quantitative estimate of drug-likeness (QED) is 0.726. The van der Waals surface area contributed by atoms with Gasteiger partial charge in [0.05, 0.1) is 0 Å². The lowest BCUT2D eigenvalue weighted by molar-refractivity contribution is 0.493. The predicted molar refractivity (Wildman–Crippen MR) is 88.5 cm³/mol. The summed E-state index contributed by atoms with van der Waals surface area (Å²) in [5, 5.41) is 4.26. The third-order valence-corrected chi connectivity index (χ3v) is 4.89. The van der Waals surface area contributed by atoms with Gasteiger partial charge in [0.15, 0.2) is 0 Å². The van der Waals surface area contributed by atoms with Crippen LogP contribution < -0.4 is 5.73 Å². The number of nitrogens with two attached hydrogens (primary N) is 1. The van der Waals surface area contributed by atoms with E-state index in [1.807, 2.05) is 24.3 Å². The van der Waals surface area contributed by atoms with Crippen LogP contribution in [-0.2, 0) is 12.0 Å². The van der Waals surface area contributed by atoms with E-state index in [1.54, 1.807) is 11.3 Å². The Morgan fingerprint density at radius 3 is 2.55 bits per heavy atom. The van der Waals surface area contributed by atoms with Crippen molar-refractivity contribution in [1.82, 2.24) is 0 Å². The van der Waals surface area contributed by atoms with Crippen molar-refractivity contribution in [3.05, 3.63) is 70.1 Å². The highest BCUT2D eigenvalue weighted by Gasteiger charge is 2.23. The van der Waals surface area contributed by atoms with E-state index in [0.717, 1.165) is 17.0 Å². The van der Waals surface area contributed by atoms with E-state index < -0.39 is 5.54 Å². The number of benzene rings is 2. The average molecular weight is 302 g/mol. The van der Waals surface area contributed by atoms with Gasteiger partial charge < -0.3 is 5.73 Å². The monoisotopic (exact) mass is 301 g/mol. The van der Waals surface area contributed by atoms with Gasteiger partial charge in [0.25, 0.3) is 0 Å². The highest BCUT2D eigenvalue weighted by molar-refractivity contribution is 7.17. The van der Waals surface area contributed by atoms with Crippen LogP contribution in [0.15, 0.2) is 53.9 Å². The lowest BCUT2D eigenvalue weighted by Gasteiger charge is -2.25. The van der Waals surface area contributed by atoms with Gasteiger partial charge in [-0.05, 0) is 53.4 Å². The topological polar surface area (TPSA) is 26.0 Å². The van der Waals surface area contributed by atoms with Crippen LogP contribution in [0.2, 0.25) is 5.02 Å². The Morgan fingerprint density at radius 2 is 1.80 bits per heavy atom. The van der Waals surface area contributed by atoms with Crippen LogP contribution in [-0.4, -0.2) is 0 Å². The maximum atomic E-state index is 6.53. The summed E-state index contributed by atoms with van der Waals surface area (Å²) in [6.45, 7) is 2.07. The van der Waals surface area contributed by atoms with Gasteiger partial charge in [0.1, 0.15) is 0 Å². The summed E-state index contributed by atoms with van der Waals surface area (Å²) in [5.74, 6) is 0. The van der Waals surface area contributed by atoms with E-state index in [2.05, 4.69) is 36.6 Å². The minimum absolute atomic E-state index is 0.394. The van der Waals surface area contributed by atoms with Crippen molar-refractivity contribution in [1.29, 1.82) is 0 Å². The molecule has 1 atom stereocenters. The molecule has 0 amide bonds. The number of hydrogen-bond acceptors (Lipinski definition) is 2. The summed E-state index contributed by atoms with van der Waals surface area (Å²) < 4.78 is 1.31. The van der Waals surface area contributed by atoms with Gasteiger partial charge in [-0.15, -0.1) is 11.3 Å². The van der Waals surface area contributed by atoms with Crippen molar-refractivity contribution in [3.63, 3.8) is 0 Å². The zero-order valence-electron chi connectivity index (χ0n) is 11.3. The molecule has 102 valence electrons. The third-order valence-electron chi connectivity index (χ3n) is 3.62. The second-order valence-corrected chi connectivity index (χ2v) is 6.71. The molecule has 0 aliphatic heterocycles. The summed E-state index contributed by atoms with van der Waals surface area (Å²) >= 11 is 7.72. The molecule has 0 saturated heterocycles. The molecule has 2 N–H and O–H groups in total. The van der Waals surface area contributed by atoms with Crippen molar-refractivity contribution in [2.24, 2.45) is 5.73 Å². The molecule has 0 saturated carbocycles. The Kier molecular flexibility index (Phi) is 3.55. The van der Waals surface area contributed by atoms with Crippen molar-refractivity contribution >= 4 is 33.0 Å². The van der Waals surface area contributed by atoms with Crippen LogP contribution >= 0.6 is 22.9 Å². The van der Waals surface area contributed by atoms with Gasteiger partial charge >= 0.3 is 0 Å². The average Bonchev–Trinajstić information content (AvgIpc) is 2.82. The highest BCUT2D eigenvalue weighted by atomic mass is 35.5. The van der Waals surface area contributed by atoms with Gasteiger partial charge in [0.2, 0.25) is 0 Å². The van der Waals surface area contributed by atoms with Gasteiger partial charge in [-0.1, -0.05) is 41.9 Å². The predicted octanol–water partition coefficient (Wildman–Crippen LogP) is 4.97. The van der Waals surface area contributed by atoms with Crippen molar-refractivity contribution < 1.29 is 0 Å². The maximum absolute atomic E-state index is 6.53. The van der Waals surface area contributed by atoms with Crippen LogP contribution in [0.5, 0.6) is 0 Å². The van der Waals surface area contributed by atoms with Crippen LogP contribution in [0.1, 0.15) is 18.1 Å². The zero-order valence-corrected chi connectivity index (χ0v) is 12.8. The van der Waals surface area contributed by atoms with Gasteiger partial charge in [-0.3, -0.25) is 0 Å².